The molecule has 0 saturated heterocycles. The number of ether oxygens (including phenoxy) is 2. The van der Waals surface area contributed by atoms with Crippen molar-refractivity contribution in [2.75, 3.05) is 13.7 Å². The maximum absolute atomic E-state index is 12.1. The number of methoxy groups -OCH3 is 1. The summed E-state index contributed by atoms with van der Waals surface area (Å²) in [4.78, 5) is 35.9. The summed E-state index contributed by atoms with van der Waals surface area (Å²) in [5, 5.41) is 5.17. The molecule has 0 fully saturated rings. The van der Waals surface area contributed by atoms with Crippen molar-refractivity contribution in [1.29, 1.82) is 0 Å². The molecule has 2 amide bonds. The lowest BCUT2D eigenvalue weighted by molar-refractivity contribution is -0.153. The lowest BCUT2D eigenvalue weighted by Crippen LogP contribution is -2.38. The van der Waals surface area contributed by atoms with Gasteiger partial charge < -0.3 is 20.1 Å². The van der Waals surface area contributed by atoms with E-state index >= 15 is 0 Å². The Hall–Kier alpha value is -3.35. The van der Waals surface area contributed by atoms with E-state index in [0.29, 0.717) is 17.9 Å². The van der Waals surface area contributed by atoms with E-state index in [0.717, 1.165) is 11.1 Å². The zero-order valence-electron chi connectivity index (χ0n) is 16.2. The van der Waals surface area contributed by atoms with Gasteiger partial charge in [0.15, 0.2) is 6.10 Å². The summed E-state index contributed by atoms with van der Waals surface area (Å²) in [7, 11) is 1.53. The van der Waals surface area contributed by atoms with Crippen LogP contribution < -0.4 is 15.4 Å². The van der Waals surface area contributed by atoms with Crippen molar-refractivity contribution in [3.05, 3.63) is 65.2 Å². The maximum Gasteiger partial charge on any atom is 0.326 e. The minimum atomic E-state index is -0.962. The SMILES string of the molecule is COc1ccc(C(=O)NCC(=O)OC(C)C(=O)NCc2ccc(C)cc2)cc1. The van der Waals surface area contributed by atoms with E-state index in [1.807, 2.05) is 31.2 Å². The highest BCUT2D eigenvalue weighted by Gasteiger charge is 2.18. The van der Waals surface area contributed by atoms with Crippen molar-refractivity contribution >= 4 is 17.8 Å². The molecule has 0 aliphatic rings. The molecule has 7 nitrogen and oxygen atoms in total. The number of amides is 2. The second-order valence-electron chi connectivity index (χ2n) is 6.25. The Morgan fingerprint density at radius 2 is 1.61 bits per heavy atom. The minimum absolute atomic E-state index is 0.333. The Morgan fingerprint density at radius 3 is 2.21 bits per heavy atom. The molecule has 0 aromatic heterocycles. The van der Waals surface area contributed by atoms with Crippen LogP contribution in [0.5, 0.6) is 5.75 Å². The van der Waals surface area contributed by atoms with Crippen LogP contribution in [0.1, 0.15) is 28.4 Å². The molecular formula is C21H24N2O5. The van der Waals surface area contributed by atoms with Gasteiger partial charge >= 0.3 is 5.97 Å². The number of carbonyl (C=O) groups excluding carboxylic acids is 3. The highest BCUT2D eigenvalue weighted by Crippen LogP contribution is 2.11. The second kappa shape index (κ2) is 10.1. The van der Waals surface area contributed by atoms with Gasteiger partial charge in [0.05, 0.1) is 7.11 Å². The van der Waals surface area contributed by atoms with Gasteiger partial charge in [0.25, 0.3) is 11.8 Å². The Kier molecular flexibility index (Phi) is 7.56. The molecule has 2 aromatic rings. The minimum Gasteiger partial charge on any atom is -0.497 e. The number of nitrogens with one attached hydrogen (secondary N) is 2. The molecule has 1 unspecified atom stereocenters. The van der Waals surface area contributed by atoms with Gasteiger partial charge in [0.2, 0.25) is 0 Å². The van der Waals surface area contributed by atoms with E-state index in [9.17, 15) is 14.4 Å². The van der Waals surface area contributed by atoms with E-state index in [2.05, 4.69) is 10.6 Å². The maximum atomic E-state index is 12.1. The van der Waals surface area contributed by atoms with Crippen LogP contribution in [-0.4, -0.2) is 37.5 Å². The fourth-order valence-corrected chi connectivity index (χ4v) is 2.33. The smallest absolute Gasteiger partial charge is 0.326 e. The van der Waals surface area contributed by atoms with Crippen molar-refractivity contribution in [2.45, 2.75) is 26.5 Å². The van der Waals surface area contributed by atoms with Gasteiger partial charge in [-0.1, -0.05) is 29.8 Å². The van der Waals surface area contributed by atoms with Crippen LogP contribution >= 0.6 is 0 Å². The van der Waals surface area contributed by atoms with E-state index in [-0.39, 0.29) is 6.54 Å². The summed E-state index contributed by atoms with van der Waals surface area (Å²) >= 11 is 0. The Bertz CT molecular complexity index is 816. The quantitative estimate of drug-likeness (QED) is 0.679. The summed E-state index contributed by atoms with van der Waals surface area (Å²) < 4.78 is 10.1. The zero-order valence-corrected chi connectivity index (χ0v) is 16.2. The standard InChI is InChI=1S/C21H24N2O5/c1-14-4-6-16(7-5-14)12-22-20(25)15(2)28-19(24)13-23-21(26)17-8-10-18(27-3)11-9-17/h4-11,15H,12-13H2,1-3H3,(H,22,25)(H,23,26). The fraction of sp³-hybridized carbons (Fsp3) is 0.286. The molecule has 0 radical (unpaired) electrons. The third-order valence-corrected chi connectivity index (χ3v) is 4.01. The van der Waals surface area contributed by atoms with Crippen molar-refractivity contribution < 1.29 is 23.9 Å². The third-order valence-electron chi connectivity index (χ3n) is 4.01. The lowest BCUT2D eigenvalue weighted by atomic mass is 10.1. The molecule has 0 saturated carbocycles. The summed E-state index contributed by atoms with van der Waals surface area (Å²) in [5.74, 6) is -0.896. The fourth-order valence-electron chi connectivity index (χ4n) is 2.33. The number of hydrogen-bond donors (Lipinski definition) is 2. The van der Waals surface area contributed by atoms with E-state index < -0.39 is 23.9 Å². The van der Waals surface area contributed by atoms with Crippen molar-refractivity contribution in [1.82, 2.24) is 10.6 Å². The van der Waals surface area contributed by atoms with Gasteiger partial charge in [-0.05, 0) is 43.7 Å². The normalized spacial score (nSPS) is 11.2. The molecule has 0 bridgehead atoms. The molecule has 0 spiro atoms. The van der Waals surface area contributed by atoms with Crippen molar-refractivity contribution in [3.8, 4) is 5.75 Å². The van der Waals surface area contributed by atoms with Gasteiger partial charge in [-0.2, -0.15) is 0 Å². The topological polar surface area (TPSA) is 93.7 Å². The van der Waals surface area contributed by atoms with Gasteiger partial charge in [-0.25, -0.2) is 0 Å². The van der Waals surface area contributed by atoms with Crippen LogP contribution in [0.25, 0.3) is 0 Å². The first-order chi connectivity index (χ1) is 13.4. The summed E-state index contributed by atoms with van der Waals surface area (Å²) in [6.07, 6.45) is -0.962. The summed E-state index contributed by atoms with van der Waals surface area (Å²) in [6.45, 7) is 3.47. The molecule has 0 aliphatic carbocycles. The molecule has 2 aromatic carbocycles. The molecule has 28 heavy (non-hydrogen) atoms. The Balaban J connectivity index is 1.73. The Labute approximate surface area is 164 Å². The molecule has 148 valence electrons. The lowest BCUT2D eigenvalue weighted by Gasteiger charge is -2.14. The first kappa shape index (κ1) is 21.0. The van der Waals surface area contributed by atoms with Gasteiger partial charge in [-0.3, -0.25) is 14.4 Å². The molecule has 0 aliphatic heterocycles. The number of carbonyl (C=O) groups is 3. The van der Waals surface area contributed by atoms with Crippen LogP contribution in [0.15, 0.2) is 48.5 Å². The third kappa shape index (κ3) is 6.42. The monoisotopic (exact) mass is 384 g/mol. The van der Waals surface area contributed by atoms with E-state index in [1.165, 1.54) is 14.0 Å². The van der Waals surface area contributed by atoms with Gasteiger partial charge in [0.1, 0.15) is 12.3 Å². The summed E-state index contributed by atoms with van der Waals surface area (Å²) in [5.41, 5.74) is 2.47. The van der Waals surface area contributed by atoms with Crippen molar-refractivity contribution in [3.63, 3.8) is 0 Å². The number of aryl methyl sites for hydroxylation is 1. The van der Waals surface area contributed by atoms with Gasteiger partial charge in [0, 0.05) is 12.1 Å². The average molecular weight is 384 g/mol. The van der Waals surface area contributed by atoms with Crippen LogP contribution in [0.2, 0.25) is 0 Å². The van der Waals surface area contributed by atoms with E-state index in [1.54, 1.807) is 24.3 Å². The molecular weight excluding hydrogens is 360 g/mol. The molecule has 2 rings (SSSR count). The zero-order chi connectivity index (χ0) is 20.5. The average Bonchev–Trinajstić information content (AvgIpc) is 2.71. The highest BCUT2D eigenvalue weighted by molar-refractivity contribution is 5.96. The van der Waals surface area contributed by atoms with Crippen LogP contribution in [0.4, 0.5) is 0 Å². The predicted molar refractivity (Wildman–Crippen MR) is 104 cm³/mol. The largest absolute Gasteiger partial charge is 0.497 e. The predicted octanol–water partition coefficient (Wildman–Crippen LogP) is 1.98. The first-order valence-electron chi connectivity index (χ1n) is 8.84. The second-order valence-corrected chi connectivity index (χ2v) is 6.25. The van der Waals surface area contributed by atoms with Gasteiger partial charge in [-0.15, -0.1) is 0 Å². The molecule has 0 heterocycles. The molecule has 1 atom stereocenters. The number of benzene rings is 2. The van der Waals surface area contributed by atoms with Crippen LogP contribution in [0, 0.1) is 6.92 Å². The van der Waals surface area contributed by atoms with Crippen molar-refractivity contribution in [2.24, 2.45) is 0 Å². The molecule has 2 N–H and O–H groups in total. The summed E-state index contributed by atoms with van der Waals surface area (Å²) in [6, 6.07) is 14.2. The first-order valence-corrected chi connectivity index (χ1v) is 8.84. The van der Waals surface area contributed by atoms with Crippen LogP contribution in [-0.2, 0) is 20.9 Å². The van der Waals surface area contributed by atoms with Crippen LogP contribution in [0.3, 0.4) is 0 Å². The van der Waals surface area contributed by atoms with E-state index in [4.69, 9.17) is 9.47 Å². The number of esters is 1. The molecule has 7 heteroatoms. The highest BCUT2D eigenvalue weighted by atomic mass is 16.5. The number of rotatable bonds is 8. The number of hydrogen-bond acceptors (Lipinski definition) is 5. The Morgan fingerprint density at radius 1 is 0.964 bits per heavy atom.